The average molecular weight is 369 g/mol. The third-order valence-electron chi connectivity index (χ3n) is 4.78. The zero-order valence-electron chi connectivity index (χ0n) is 14.5. The van der Waals surface area contributed by atoms with Crippen LogP contribution < -0.4 is 0 Å². The molecule has 3 aromatic rings. The first-order valence-corrected chi connectivity index (χ1v) is 9.27. The molecule has 5 heteroatoms. The maximum Gasteiger partial charge on any atom is 0.173 e. The van der Waals surface area contributed by atoms with Crippen LogP contribution in [0.4, 0.5) is 0 Å². The molecule has 0 radical (unpaired) electrons. The minimum Gasteiger partial charge on any atom is -0.356 e. The third-order valence-corrected chi connectivity index (χ3v) is 5.11. The van der Waals surface area contributed by atoms with Crippen molar-refractivity contribution in [1.82, 2.24) is 10.2 Å². The van der Waals surface area contributed by atoms with Crippen molar-refractivity contribution in [3.8, 4) is 11.3 Å². The Hall–Kier alpha value is -2.14. The number of hydrogen-bond acceptors (Lipinski definition) is 4. The van der Waals surface area contributed by atoms with Gasteiger partial charge >= 0.3 is 0 Å². The number of halogens is 1. The Balaban J connectivity index is 1.35. The van der Waals surface area contributed by atoms with E-state index in [1.165, 1.54) is 5.56 Å². The molecular weight excluding hydrogens is 348 g/mol. The molecule has 1 aromatic heterocycles. The van der Waals surface area contributed by atoms with E-state index in [1.54, 1.807) is 6.20 Å². The predicted molar refractivity (Wildman–Crippen MR) is 102 cm³/mol. The normalized spacial score (nSPS) is 17.7. The van der Waals surface area contributed by atoms with Crippen LogP contribution in [0.2, 0.25) is 5.02 Å². The van der Waals surface area contributed by atoms with Crippen LogP contribution in [-0.2, 0) is 17.9 Å². The lowest BCUT2D eigenvalue weighted by Crippen LogP contribution is -2.21. The number of nitrogens with zero attached hydrogens (tertiary/aromatic N) is 2. The number of rotatable bonds is 6. The number of hydroxylamine groups is 2. The van der Waals surface area contributed by atoms with Crippen molar-refractivity contribution in [2.45, 2.75) is 19.4 Å². The lowest BCUT2D eigenvalue weighted by molar-refractivity contribution is -0.155. The molecule has 1 unspecified atom stereocenters. The first-order chi connectivity index (χ1) is 12.8. The van der Waals surface area contributed by atoms with E-state index in [2.05, 4.69) is 40.6 Å². The van der Waals surface area contributed by atoms with E-state index >= 15 is 0 Å². The molecule has 4 nitrogen and oxygen atoms in total. The highest BCUT2D eigenvalue weighted by Gasteiger charge is 2.24. The van der Waals surface area contributed by atoms with Crippen LogP contribution in [0, 0.1) is 5.92 Å². The van der Waals surface area contributed by atoms with Gasteiger partial charge in [-0.25, -0.2) is 0 Å². The van der Waals surface area contributed by atoms with Gasteiger partial charge in [0.25, 0.3) is 0 Å². The number of hydrogen-bond donors (Lipinski definition) is 0. The van der Waals surface area contributed by atoms with Crippen molar-refractivity contribution >= 4 is 11.6 Å². The molecule has 1 aliphatic heterocycles. The predicted octanol–water partition coefficient (Wildman–Crippen LogP) is 4.99. The summed E-state index contributed by atoms with van der Waals surface area (Å²) in [6, 6.07) is 18.2. The van der Waals surface area contributed by atoms with Gasteiger partial charge in [-0.3, -0.25) is 4.84 Å². The highest BCUT2D eigenvalue weighted by molar-refractivity contribution is 6.33. The summed E-state index contributed by atoms with van der Waals surface area (Å²) in [6.07, 6.45) is 3.95. The summed E-state index contributed by atoms with van der Waals surface area (Å²) >= 11 is 6.27. The summed E-state index contributed by atoms with van der Waals surface area (Å²) < 4.78 is 5.41. The Morgan fingerprint density at radius 2 is 1.92 bits per heavy atom. The Labute approximate surface area is 158 Å². The van der Waals surface area contributed by atoms with Crippen molar-refractivity contribution in [2.24, 2.45) is 5.92 Å². The Bertz CT molecular complexity index is 850. The second kappa shape index (κ2) is 8.04. The first kappa shape index (κ1) is 17.3. The van der Waals surface area contributed by atoms with Gasteiger partial charge < -0.3 is 4.52 Å². The van der Waals surface area contributed by atoms with Crippen molar-refractivity contribution in [2.75, 3.05) is 13.1 Å². The minimum absolute atomic E-state index is 0.433. The first-order valence-electron chi connectivity index (χ1n) is 8.90. The molecule has 1 atom stereocenters. The molecule has 2 aromatic carbocycles. The topological polar surface area (TPSA) is 38.5 Å². The number of benzene rings is 2. The summed E-state index contributed by atoms with van der Waals surface area (Å²) in [5, 5.41) is 6.62. The standard InChI is InChI=1S/C21H21ClN2O2/c22-20-9-5-4-8-19(20)21-18(13-23-26-21)15-25-24-11-10-17(14-24)12-16-6-2-1-3-7-16/h1-9,13,17H,10-12,14-15H2. The summed E-state index contributed by atoms with van der Waals surface area (Å²) in [5.74, 6) is 1.30. The van der Waals surface area contributed by atoms with Gasteiger partial charge in [0.05, 0.1) is 17.8 Å². The van der Waals surface area contributed by atoms with Crippen molar-refractivity contribution in [3.63, 3.8) is 0 Å². The Morgan fingerprint density at radius 3 is 2.77 bits per heavy atom. The largest absolute Gasteiger partial charge is 0.356 e. The highest BCUT2D eigenvalue weighted by atomic mass is 35.5. The van der Waals surface area contributed by atoms with E-state index < -0.39 is 0 Å². The molecule has 1 aliphatic rings. The van der Waals surface area contributed by atoms with E-state index in [4.69, 9.17) is 21.0 Å². The summed E-state index contributed by atoms with van der Waals surface area (Å²) in [7, 11) is 0. The monoisotopic (exact) mass is 368 g/mol. The van der Waals surface area contributed by atoms with Gasteiger partial charge in [0.2, 0.25) is 0 Å². The lowest BCUT2D eigenvalue weighted by atomic mass is 9.99. The molecule has 0 bridgehead atoms. The molecule has 0 spiro atoms. The fraction of sp³-hybridized carbons (Fsp3) is 0.286. The molecule has 0 amide bonds. The summed E-state index contributed by atoms with van der Waals surface area (Å²) in [4.78, 5) is 6.01. The lowest BCUT2D eigenvalue weighted by Gasteiger charge is -2.16. The van der Waals surface area contributed by atoms with Crippen molar-refractivity contribution in [1.29, 1.82) is 0 Å². The van der Waals surface area contributed by atoms with Crippen LogP contribution in [-0.4, -0.2) is 23.3 Å². The quantitative estimate of drug-likeness (QED) is 0.614. The van der Waals surface area contributed by atoms with Crippen LogP contribution in [0.25, 0.3) is 11.3 Å². The third kappa shape index (κ3) is 3.98. The zero-order chi connectivity index (χ0) is 17.8. The Kier molecular flexibility index (Phi) is 5.34. The molecule has 0 saturated carbocycles. The van der Waals surface area contributed by atoms with Gasteiger partial charge in [0.1, 0.15) is 0 Å². The molecule has 4 rings (SSSR count). The van der Waals surface area contributed by atoms with E-state index in [0.717, 1.165) is 37.1 Å². The highest BCUT2D eigenvalue weighted by Crippen LogP contribution is 2.31. The van der Waals surface area contributed by atoms with Crippen molar-refractivity contribution < 1.29 is 9.36 Å². The van der Waals surface area contributed by atoms with Crippen LogP contribution in [0.1, 0.15) is 17.5 Å². The fourth-order valence-electron chi connectivity index (χ4n) is 3.42. The molecule has 26 heavy (non-hydrogen) atoms. The summed E-state index contributed by atoms with van der Waals surface area (Å²) in [5.41, 5.74) is 3.14. The second-order valence-corrected chi connectivity index (χ2v) is 7.07. The Morgan fingerprint density at radius 1 is 1.12 bits per heavy atom. The van der Waals surface area contributed by atoms with E-state index in [-0.39, 0.29) is 0 Å². The molecule has 0 N–H and O–H groups in total. The zero-order valence-corrected chi connectivity index (χ0v) is 15.2. The van der Waals surface area contributed by atoms with Crippen LogP contribution in [0.15, 0.2) is 65.3 Å². The van der Waals surface area contributed by atoms with Crippen LogP contribution in [0.5, 0.6) is 0 Å². The molecular formula is C21H21ClN2O2. The van der Waals surface area contributed by atoms with Gasteiger partial charge in [-0.15, -0.1) is 0 Å². The van der Waals surface area contributed by atoms with E-state index in [1.807, 2.05) is 24.3 Å². The SMILES string of the molecule is Clc1ccccc1-c1oncc1CON1CCC(Cc2ccccc2)C1. The summed E-state index contributed by atoms with van der Waals surface area (Å²) in [6.45, 7) is 2.33. The molecule has 0 aliphatic carbocycles. The van der Waals surface area contributed by atoms with Gasteiger partial charge in [0, 0.05) is 24.2 Å². The smallest absolute Gasteiger partial charge is 0.173 e. The van der Waals surface area contributed by atoms with Crippen LogP contribution >= 0.6 is 11.6 Å². The molecule has 2 heterocycles. The fourth-order valence-corrected chi connectivity index (χ4v) is 3.64. The van der Waals surface area contributed by atoms with Gasteiger partial charge in [-0.05, 0) is 36.5 Å². The van der Waals surface area contributed by atoms with Gasteiger partial charge in [-0.1, -0.05) is 59.2 Å². The molecule has 134 valence electrons. The van der Waals surface area contributed by atoms with Crippen molar-refractivity contribution in [3.05, 3.63) is 76.9 Å². The van der Waals surface area contributed by atoms with Crippen LogP contribution in [0.3, 0.4) is 0 Å². The molecule has 1 saturated heterocycles. The van der Waals surface area contributed by atoms with Gasteiger partial charge in [0.15, 0.2) is 5.76 Å². The minimum atomic E-state index is 0.433. The average Bonchev–Trinajstić information content (AvgIpc) is 3.30. The maximum atomic E-state index is 6.27. The maximum absolute atomic E-state index is 6.27. The molecule has 1 fully saturated rings. The van der Waals surface area contributed by atoms with E-state index in [0.29, 0.717) is 23.3 Å². The second-order valence-electron chi connectivity index (χ2n) is 6.67. The van der Waals surface area contributed by atoms with E-state index in [9.17, 15) is 0 Å². The van der Waals surface area contributed by atoms with Gasteiger partial charge in [-0.2, -0.15) is 5.06 Å². The number of aromatic nitrogens is 1.